The van der Waals surface area contributed by atoms with Gasteiger partial charge in [-0.2, -0.15) is 0 Å². The Kier molecular flexibility index (Phi) is 7.48. The first-order chi connectivity index (χ1) is 8.16. The van der Waals surface area contributed by atoms with Gasteiger partial charge in [-0.15, -0.1) is 0 Å². The van der Waals surface area contributed by atoms with Crippen LogP contribution in [-0.4, -0.2) is 38.4 Å². The van der Waals surface area contributed by atoms with E-state index in [0.717, 1.165) is 19.6 Å². The van der Waals surface area contributed by atoms with Gasteiger partial charge in [0.05, 0.1) is 6.42 Å². The smallest absolute Gasteiger partial charge is 0.307 e. The molecule has 0 fully saturated rings. The van der Waals surface area contributed by atoms with Crippen molar-refractivity contribution in [3.63, 3.8) is 0 Å². The second-order valence-electron chi connectivity index (χ2n) is 6.42. The van der Waals surface area contributed by atoms with E-state index in [9.17, 15) is 4.79 Å². The van der Waals surface area contributed by atoms with Crippen molar-refractivity contribution in [3.05, 3.63) is 0 Å². The molecule has 0 radical (unpaired) electrons. The first-order valence-corrected chi connectivity index (χ1v) is 6.58. The molecule has 0 amide bonds. The molecular weight excluding hydrogens is 230 g/mol. The number of methoxy groups -OCH3 is 1. The Balaban J connectivity index is 3.70. The van der Waals surface area contributed by atoms with Gasteiger partial charge in [-0.1, -0.05) is 13.8 Å². The largest absolute Gasteiger partial charge is 0.460 e. The number of ether oxygens (including phenoxy) is 2. The van der Waals surface area contributed by atoms with Crippen LogP contribution in [0, 0.1) is 5.41 Å². The minimum absolute atomic E-state index is 0.148. The SMILES string of the molecule is COCCC(C)(C)CNCCC(=O)OC(C)(C)C. The van der Waals surface area contributed by atoms with Crippen molar-refractivity contribution in [1.82, 2.24) is 5.32 Å². The van der Waals surface area contributed by atoms with Crippen molar-refractivity contribution in [3.8, 4) is 0 Å². The summed E-state index contributed by atoms with van der Waals surface area (Å²) in [6.07, 6.45) is 1.42. The van der Waals surface area contributed by atoms with E-state index in [1.807, 2.05) is 20.8 Å². The van der Waals surface area contributed by atoms with Crippen molar-refractivity contribution in [2.75, 3.05) is 26.8 Å². The molecule has 0 aromatic carbocycles. The van der Waals surface area contributed by atoms with Crippen LogP contribution < -0.4 is 5.32 Å². The molecule has 0 atom stereocenters. The maximum Gasteiger partial charge on any atom is 0.307 e. The van der Waals surface area contributed by atoms with Crippen LogP contribution in [0.4, 0.5) is 0 Å². The summed E-state index contributed by atoms with van der Waals surface area (Å²) in [4.78, 5) is 11.5. The summed E-state index contributed by atoms with van der Waals surface area (Å²) in [6.45, 7) is 12.3. The zero-order chi connectivity index (χ0) is 14.2. The lowest BCUT2D eigenvalue weighted by Crippen LogP contribution is -2.33. The molecule has 18 heavy (non-hydrogen) atoms. The van der Waals surface area contributed by atoms with E-state index in [2.05, 4.69) is 19.2 Å². The molecule has 0 unspecified atom stereocenters. The van der Waals surface area contributed by atoms with Gasteiger partial charge in [0.1, 0.15) is 5.60 Å². The van der Waals surface area contributed by atoms with Gasteiger partial charge in [-0.25, -0.2) is 0 Å². The Labute approximate surface area is 111 Å². The van der Waals surface area contributed by atoms with E-state index in [1.165, 1.54) is 0 Å². The quantitative estimate of drug-likeness (QED) is 0.537. The number of hydrogen-bond acceptors (Lipinski definition) is 4. The van der Waals surface area contributed by atoms with Crippen LogP contribution in [0.3, 0.4) is 0 Å². The fourth-order valence-corrected chi connectivity index (χ4v) is 1.48. The first kappa shape index (κ1) is 17.4. The average molecular weight is 259 g/mol. The summed E-state index contributed by atoms with van der Waals surface area (Å²) in [7, 11) is 1.71. The number of esters is 1. The maximum atomic E-state index is 11.5. The van der Waals surface area contributed by atoms with E-state index in [-0.39, 0.29) is 11.4 Å². The second kappa shape index (κ2) is 7.74. The van der Waals surface area contributed by atoms with Crippen LogP contribution in [0.1, 0.15) is 47.5 Å². The lowest BCUT2D eigenvalue weighted by atomic mass is 9.90. The third kappa shape index (κ3) is 10.5. The van der Waals surface area contributed by atoms with Crippen LogP contribution in [-0.2, 0) is 14.3 Å². The Bertz CT molecular complexity index is 244. The van der Waals surface area contributed by atoms with Gasteiger partial charge < -0.3 is 14.8 Å². The molecule has 0 heterocycles. The number of hydrogen-bond donors (Lipinski definition) is 1. The number of nitrogens with one attached hydrogen (secondary N) is 1. The van der Waals surface area contributed by atoms with Gasteiger partial charge in [-0.05, 0) is 32.6 Å². The zero-order valence-corrected chi connectivity index (χ0v) is 12.8. The number of rotatable bonds is 8. The van der Waals surface area contributed by atoms with Crippen molar-refractivity contribution in [2.24, 2.45) is 5.41 Å². The van der Waals surface area contributed by atoms with E-state index in [1.54, 1.807) is 7.11 Å². The molecule has 0 aliphatic heterocycles. The predicted molar refractivity (Wildman–Crippen MR) is 73.6 cm³/mol. The van der Waals surface area contributed by atoms with Gasteiger partial charge >= 0.3 is 5.97 Å². The average Bonchev–Trinajstić information content (AvgIpc) is 2.19. The molecular formula is C14H29NO3. The highest BCUT2D eigenvalue weighted by Gasteiger charge is 2.18. The van der Waals surface area contributed by atoms with E-state index in [0.29, 0.717) is 13.0 Å². The molecule has 4 nitrogen and oxygen atoms in total. The highest BCUT2D eigenvalue weighted by atomic mass is 16.6. The van der Waals surface area contributed by atoms with Gasteiger partial charge in [0.25, 0.3) is 0 Å². The van der Waals surface area contributed by atoms with Gasteiger partial charge in [-0.3, -0.25) is 4.79 Å². The summed E-state index contributed by atoms with van der Waals surface area (Å²) in [6, 6.07) is 0. The topological polar surface area (TPSA) is 47.6 Å². The number of carbonyl (C=O) groups is 1. The fraction of sp³-hybridized carbons (Fsp3) is 0.929. The van der Waals surface area contributed by atoms with Crippen LogP contribution in [0.15, 0.2) is 0 Å². The second-order valence-corrected chi connectivity index (χ2v) is 6.42. The van der Waals surface area contributed by atoms with Crippen molar-refractivity contribution in [2.45, 2.75) is 53.1 Å². The minimum atomic E-state index is -0.394. The zero-order valence-electron chi connectivity index (χ0n) is 12.8. The summed E-state index contributed by atoms with van der Waals surface area (Å²) >= 11 is 0. The van der Waals surface area contributed by atoms with E-state index in [4.69, 9.17) is 9.47 Å². The van der Waals surface area contributed by atoms with Crippen LogP contribution in [0.2, 0.25) is 0 Å². The van der Waals surface area contributed by atoms with Crippen LogP contribution >= 0.6 is 0 Å². The molecule has 0 aliphatic carbocycles. The van der Waals surface area contributed by atoms with E-state index >= 15 is 0 Å². The molecule has 4 heteroatoms. The Morgan fingerprint density at radius 1 is 1.17 bits per heavy atom. The molecule has 0 saturated heterocycles. The van der Waals surface area contributed by atoms with Gasteiger partial charge in [0.15, 0.2) is 0 Å². The standard InChI is InChI=1S/C14H29NO3/c1-13(2,3)18-12(16)7-9-15-11-14(4,5)8-10-17-6/h15H,7-11H2,1-6H3. The van der Waals surface area contributed by atoms with Crippen molar-refractivity contribution >= 4 is 5.97 Å². The lowest BCUT2D eigenvalue weighted by molar-refractivity contribution is -0.154. The third-order valence-electron chi connectivity index (χ3n) is 2.51. The molecule has 0 rings (SSSR count). The molecule has 0 saturated carbocycles. The number of carbonyl (C=O) groups excluding carboxylic acids is 1. The van der Waals surface area contributed by atoms with Crippen LogP contribution in [0.25, 0.3) is 0 Å². The third-order valence-corrected chi connectivity index (χ3v) is 2.51. The molecule has 108 valence electrons. The first-order valence-electron chi connectivity index (χ1n) is 6.58. The highest BCUT2D eigenvalue weighted by Crippen LogP contribution is 2.18. The van der Waals surface area contributed by atoms with Gasteiger partial charge in [0.2, 0.25) is 0 Å². The summed E-state index contributed by atoms with van der Waals surface area (Å²) in [5.41, 5.74) is -0.210. The Hall–Kier alpha value is -0.610. The minimum Gasteiger partial charge on any atom is -0.460 e. The molecule has 0 aromatic heterocycles. The van der Waals surface area contributed by atoms with Gasteiger partial charge in [0, 0.05) is 26.8 Å². The monoisotopic (exact) mass is 259 g/mol. The lowest BCUT2D eigenvalue weighted by Gasteiger charge is -2.25. The van der Waals surface area contributed by atoms with Crippen molar-refractivity contribution < 1.29 is 14.3 Å². The van der Waals surface area contributed by atoms with E-state index < -0.39 is 5.60 Å². The summed E-state index contributed by atoms with van der Waals surface area (Å²) in [5, 5.41) is 3.29. The van der Waals surface area contributed by atoms with Crippen LogP contribution in [0.5, 0.6) is 0 Å². The molecule has 0 aliphatic rings. The summed E-state index contributed by atoms with van der Waals surface area (Å²) < 4.78 is 10.3. The normalized spacial score (nSPS) is 12.6. The molecule has 1 N–H and O–H groups in total. The van der Waals surface area contributed by atoms with Crippen molar-refractivity contribution in [1.29, 1.82) is 0 Å². The highest BCUT2D eigenvalue weighted by molar-refractivity contribution is 5.70. The molecule has 0 aromatic rings. The predicted octanol–water partition coefficient (Wildman–Crippen LogP) is 2.37. The Morgan fingerprint density at radius 2 is 1.78 bits per heavy atom. The fourth-order valence-electron chi connectivity index (χ4n) is 1.48. The Morgan fingerprint density at radius 3 is 2.28 bits per heavy atom. The molecule has 0 spiro atoms. The summed E-state index contributed by atoms with van der Waals surface area (Å²) in [5.74, 6) is -0.148. The maximum absolute atomic E-state index is 11.5. The molecule has 0 bridgehead atoms.